The van der Waals surface area contributed by atoms with E-state index < -0.39 is 52.7 Å². The summed E-state index contributed by atoms with van der Waals surface area (Å²) in [6.45, 7) is 5.54. The van der Waals surface area contributed by atoms with Crippen molar-refractivity contribution in [2.45, 2.75) is 70.1 Å². The highest BCUT2D eigenvalue weighted by Crippen LogP contribution is 2.38. The van der Waals surface area contributed by atoms with Crippen molar-refractivity contribution >= 4 is 28.5 Å². The molecule has 0 N–H and O–H groups in total. The van der Waals surface area contributed by atoms with Crippen molar-refractivity contribution in [1.29, 1.82) is 0 Å². The summed E-state index contributed by atoms with van der Waals surface area (Å²) in [6, 6.07) is 11.0. The Kier molecular flexibility index (Phi) is 8.74. The lowest BCUT2D eigenvalue weighted by Gasteiger charge is -2.48. The minimum atomic E-state index is -5.10. The molecule has 0 radical (unpaired) electrons. The Labute approximate surface area is 278 Å². The Morgan fingerprint density at radius 3 is 2.24 bits per heavy atom. The van der Waals surface area contributed by atoms with Gasteiger partial charge in [0.25, 0.3) is 5.91 Å². The average molecular weight is 685 g/mol. The quantitative estimate of drug-likeness (QED) is 0.202. The third-order valence-electron chi connectivity index (χ3n) is 8.78. The highest BCUT2D eigenvalue weighted by atomic mass is 19.4. The van der Waals surface area contributed by atoms with Crippen LogP contribution in [0.4, 0.5) is 31.1 Å². The number of alkyl halides is 6. The maximum Gasteiger partial charge on any atom is 0.419 e. The molecule has 2 aromatic carbocycles. The summed E-state index contributed by atoms with van der Waals surface area (Å²) in [4.78, 5) is 35.0. The molecule has 1 fully saturated rings. The number of fused-ring (bicyclic) bond motifs is 2. The van der Waals surface area contributed by atoms with Gasteiger partial charge in [0.1, 0.15) is 5.60 Å². The first kappa shape index (κ1) is 34.1. The Hall–Kier alpha value is -4.81. The fourth-order valence-electron chi connectivity index (χ4n) is 6.54. The second-order valence-electron chi connectivity index (χ2n) is 13.4. The maximum absolute atomic E-state index is 14.1. The second kappa shape index (κ2) is 12.6. The molecule has 2 atom stereocenters. The molecule has 2 aliphatic heterocycles. The van der Waals surface area contributed by atoms with E-state index >= 15 is 0 Å². The molecule has 0 saturated carbocycles. The summed E-state index contributed by atoms with van der Waals surface area (Å²) in [5.41, 5.74) is -1.40. The van der Waals surface area contributed by atoms with E-state index in [1.165, 1.54) is 9.47 Å². The average Bonchev–Trinajstić information content (AvgIpc) is 3.41. The third kappa shape index (κ3) is 7.30. The number of benzene rings is 2. The van der Waals surface area contributed by atoms with Gasteiger partial charge in [0.05, 0.1) is 22.7 Å². The monoisotopic (exact) mass is 684 g/mol. The summed E-state index contributed by atoms with van der Waals surface area (Å²) < 4.78 is 89.6. The van der Waals surface area contributed by atoms with Crippen LogP contribution in [-0.4, -0.2) is 62.1 Å². The Bertz CT molecular complexity index is 1880. The van der Waals surface area contributed by atoms with Crippen LogP contribution in [-0.2, 0) is 23.5 Å². The molecule has 258 valence electrons. The minimum Gasteiger partial charge on any atom is -0.443 e. The van der Waals surface area contributed by atoms with E-state index in [-0.39, 0.29) is 31.6 Å². The van der Waals surface area contributed by atoms with Crippen molar-refractivity contribution < 1.29 is 40.7 Å². The molecule has 49 heavy (non-hydrogen) atoms. The van der Waals surface area contributed by atoms with E-state index in [1.807, 2.05) is 24.4 Å². The number of allylic oxidation sites excluding steroid dienone is 1. The van der Waals surface area contributed by atoms with Gasteiger partial charge in [-0.25, -0.2) is 4.79 Å². The van der Waals surface area contributed by atoms with Crippen molar-refractivity contribution in [3.8, 4) is 0 Å². The number of halogens is 6. The molecule has 13 heteroatoms. The van der Waals surface area contributed by atoms with Crippen LogP contribution >= 0.6 is 0 Å². The number of pyridine rings is 1. The van der Waals surface area contributed by atoms with Crippen LogP contribution in [0, 0.1) is 0 Å². The van der Waals surface area contributed by atoms with Crippen LogP contribution in [0.1, 0.15) is 66.2 Å². The van der Waals surface area contributed by atoms with E-state index in [9.17, 15) is 35.9 Å². The molecular formula is C36H34F6N4O3. The van der Waals surface area contributed by atoms with Crippen molar-refractivity contribution in [3.05, 3.63) is 107 Å². The third-order valence-corrected chi connectivity index (χ3v) is 8.78. The van der Waals surface area contributed by atoms with Gasteiger partial charge in [-0.15, -0.1) is 0 Å². The standard InChI is InChI=1S/C36H34F6N4O3/c1-34(2,3)49-33(48)46-19-25(30-8-4-5-9-31(30)46)15-29-20-44-18-23(22-7-6-12-43-17-22)10-11-28(44)21-45(29)32(47)24-13-26(35(37,38)39)16-27(14-24)36(40,41)42/h4-9,12-14,16-19,28-29H,10-11,15,20-21H2,1-3H3. The molecule has 1 amide bonds. The number of carbonyl (C=O) groups is 2. The zero-order valence-corrected chi connectivity index (χ0v) is 27.0. The highest BCUT2D eigenvalue weighted by Gasteiger charge is 2.41. The van der Waals surface area contributed by atoms with Crippen LogP contribution in [0.15, 0.2) is 79.4 Å². The topological polar surface area (TPSA) is 67.7 Å². The predicted octanol–water partition coefficient (Wildman–Crippen LogP) is 8.43. The number of hydrogen-bond donors (Lipinski definition) is 0. The van der Waals surface area contributed by atoms with Crippen LogP contribution in [0.3, 0.4) is 0 Å². The number of aromatic nitrogens is 2. The lowest BCUT2D eigenvalue weighted by atomic mass is 9.90. The number of piperazine rings is 1. The molecule has 2 aromatic heterocycles. The zero-order chi connectivity index (χ0) is 35.3. The first-order valence-corrected chi connectivity index (χ1v) is 15.8. The van der Waals surface area contributed by atoms with Gasteiger partial charge in [0.2, 0.25) is 0 Å². The molecule has 0 aliphatic carbocycles. The van der Waals surface area contributed by atoms with Gasteiger partial charge in [-0.05, 0) is 87.1 Å². The highest BCUT2D eigenvalue weighted by molar-refractivity contribution is 5.95. The molecule has 6 rings (SSSR count). The number of para-hydroxylation sites is 1. The van der Waals surface area contributed by atoms with Gasteiger partial charge in [-0.3, -0.25) is 14.3 Å². The summed E-state index contributed by atoms with van der Waals surface area (Å²) >= 11 is 0. The van der Waals surface area contributed by atoms with Crippen molar-refractivity contribution in [3.63, 3.8) is 0 Å². The molecule has 1 saturated heterocycles. The van der Waals surface area contributed by atoms with E-state index in [2.05, 4.69) is 9.88 Å². The van der Waals surface area contributed by atoms with E-state index in [0.29, 0.717) is 41.4 Å². The number of ether oxygens (including phenoxy) is 1. The Morgan fingerprint density at radius 2 is 1.61 bits per heavy atom. The number of amides is 1. The molecular weight excluding hydrogens is 650 g/mol. The zero-order valence-electron chi connectivity index (χ0n) is 27.0. The first-order chi connectivity index (χ1) is 23.0. The lowest BCUT2D eigenvalue weighted by Crippen LogP contribution is -2.59. The van der Waals surface area contributed by atoms with Crippen LogP contribution < -0.4 is 0 Å². The molecule has 7 nitrogen and oxygen atoms in total. The van der Waals surface area contributed by atoms with E-state index in [0.717, 1.165) is 11.1 Å². The van der Waals surface area contributed by atoms with E-state index in [4.69, 9.17) is 4.74 Å². The lowest BCUT2D eigenvalue weighted by molar-refractivity contribution is -0.143. The molecule has 4 heterocycles. The molecule has 2 unspecified atom stereocenters. The van der Waals surface area contributed by atoms with Gasteiger partial charge in [0.15, 0.2) is 0 Å². The number of carbonyl (C=O) groups excluding carboxylic acids is 2. The Morgan fingerprint density at radius 1 is 0.918 bits per heavy atom. The van der Waals surface area contributed by atoms with E-state index in [1.54, 1.807) is 57.6 Å². The van der Waals surface area contributed by atoms with Gasteiger partial charge in [-0.2, -0.15) is 26.3 Å². The van der Waals surface area contributed by atoms with Crippen LogP contribution in [0.2, 0.25) is 0 Å². The van der Waals surface area contributed by atoms with Crippen molar-refractivity contribution in [2.75, 3.05) is 13.1 Å². The van der Waals surface area contributed by atoms with Gasteiger partial charge < -0.3 is 14.5 Å². The molecule has 4 aromatic rings. The summed E-state index contributed by atoms with van der Waals surface area (Å²) in [6.07, 6.45) is -2.38. The van der Waals surface area contributed by atoms with Gasteiger partial charge >= 0.3 is 18.4 Å². The number of nitrogens with zero attached hydrogens (tertiary/aromatic N) is 4. The maximum atomic E-state index is 14.1. The summed E-state index contributed by atoms with van der Waals surface area (Å²) in [7, 11) is 0. The first-order valence-electron chi connectivity index (χ1n) is 15.8. The largest absolute Gasteiger partial charge is 0.443 e. The van der Waals surface area contributed by atoms with Gasteiger partial charge in [-0.1, -0.05) is 24.3 Å². The smallest absolute Gasteiger partial charge is 0.419 e. The predicted molar refractivity (Wildman–Crippen MR) is 170 cm³/mol. The number of hydrogen-bond acceptors (Lipinski definition) is 5. The molecule has 0 spiro atoms. The summed E-state index contributed by atoms with van der Waals surface area (Å²) in [5, 5.41) is 0.701. The van der Waals surface area contributed by atoms with Gasteiger partial charge in [0, 0.05) is 54.9 Å². The molecule has 2 aliphatic rings. The van der Waals surface area contributed by atoms with Crippen molar-refractivity contribution in [1.82, 2.24) is 19.4 Å². The number of rotatable bonds is 4. The normalized spacial score (nSPS) is 18.7. The SMILES string of the molecule is CC(C)(C)OC(=O)n1cc(CC2CN3C=C(c4cccnc4)CCC3CN2C(=O)c2cc(C(F)(F)F)cc(C(F)(F)F)c2)c2ccccc21. The van der Waals surface area contributed by atoms with Crippen LogP contribution in [0.25, 0.3) is 16.5 Å². The second-order valence-corrected chi connectivity index (χ2v) is 13.4. The Balaban J connectivity index is 1.41. The van der Waals surface area contributed by atoms with Crippen molar-refractivity contribution in [2.24, 2.45) is 0 Å². The molecule has 0 bridgehead atoms. The minimum absolute atomic E-state index is 0.0175. The fourth-order valence-corrected chi connectivity index (χ4v) is 6.54. The fraction of sp³-hybridized carbons (Fsp3) is 0.361. The summed E-state index contributed by atoms with van der Waals surface area (Å²) in [5.74, 6) is -0.931. The van der Waals surface area contributed by atoms with Crippen LogP contribution in [0.5, 0.6) is 0 Å².